The van der Waals surface area contributed by atoms with Crippen molar-refractivity contribution in [3.63, 3.8) is 0 Å². The Labute approximate surface area is 162 Å². The van der Waals surface area contributed by atoms with Crippen molar-refractivity contribution >= 4 is 22.4 Å². The van der Waals surface area contributed by atoms with Crippen molar-refractivity contribution in [3.05, 3.63) is 74.8 Å². The second-order valence-electron chi connectivity index (χ2n) is 7.00. The van der Waals surface area contributed by atoms with E-state index >= 15 is 0 Å². The molecule has 0 saturated carbocycles. The number of hydrogen-bond acceptors (Lipinski definition) is 4. The lowest BCUT2D eigenvalue weighted by molar-refractivity contribution is -0.130. The molecule has 0 saturated heterocycles. The van der Waals surface area contributed by atoms with Crippen molar-refractivity contribution in [3.8, 4) is 0 Å². The molecule has 0 unspecified atom stereocenters. The van der Waals surface area contributed by atoms with Gasteiger partial charge in [-0.05, 0) is 29.8 Å². The van der Waals surface area contributed by atoms with Gasteiger partial charge >= 0.3 is 0 Å². The maximum Gasteiger partial charge on any atom is 0.273 e. The molecule has 0 aliphatic rings. The van der Waals surface area contributed by atoms with Crippen LogP contribution in [0.25, 0.3) is 10.8 Å². The number of aryl methyl sites for hydroxylation is 1. The number of nitrogens with zero attached hydrogens (tertiary/aromatic N) is 3. The Morgan fingerprint density at radius 1 is 0.964 bits per heavy atom. The lowest BCUT2D eigenvalue weighted by Gasteiger charge is -2.19. The summed E-state index contributed by atoms with van der Waals surface area (Å²) < 4.78 is 1.21. The van der Waals surface area contributed by atoms with Crippen LogP contribution in [0.2, 0.25) is 0 Å². The number of carbonyl (C=O) groups is 1. The molecule has 146 valence electrons. The topological polar surface area (TPSA) is 78.4 Å². The first-order valence-electron chi connectivity index (χ1n) is 9.09. The van der Waals surface area contributed by atoms with Crippen molar-refractivity contribution in [2.75, 3.05) is 26.0 Å². The predicted molar refractivity (Wildman–Crippen MR) is 111 cm³/mol. The van der Waals surface area contributed by atoms with Crippen molar-refractivity contribution in [2.24, 2.45) is 0 Å². The van der Waals surface area contributed by atoms with Crippen LogP contribution in [0.5, 0.6) is 0 Å². The minimum atomic E-state index is -0.336. The summed E-state index contributed by atoms with van der Waals surface area (Å²) in [4.78, 5) is 40.7. The molecule has 2 aromatic carbocycles. The van der Waals surface area contributed by atoms with E-state index in [4.69, 9.17) is 0 Å². The third kappa shape index (κ3) is 4.14. The largest absolute Gasteiger partial charge is 0.378 e. The fraction of sp³-hybridized carbons (Fsp3) is 0.286. The highest BCUT2D eigenvalue weighted by Gasteiger charge is 2.12. The van der Waals surface area contributed by atoms with E-state index in [9.17, 15) is 14.4 Å². The van der Waals surface area contributed by atoms with Gasteiger partial charge in [-0.25, -0.2) is 4.68 Å². The average Bonchev–Trinajstić information content (AvgIpc) is 2.69. The minimum Gasteiger partial charge on any atom is -0.378 e. The summed E-state index contributed by atoms with van der Waals surface area (Å²) in [5.41, 5.74) is 1.48. The molecule has 0 atom stereocenters. The Bertz CT molecular complexity index is 1100. The van der Waals surface area contributed by atoms with Gasteiger partial charge < -0.3 is 9.80 Å². The number of amides is 1. The average molecular weight is 380 g/mol. The number of H-pyrrole nitrogens is 1. The quantitative estimate of drug-likeness (QED) is 0.707. The Balaban J connectivity index is 1.66. The van der Waals surface area contributed by atoms with E-state index in [0.29, 0.717) is 17.3 Å². The lowest BCUT2D eigenvalue weighted by Crippen LogP contribution is -2.33. The number of benzene rings is 2. The van der Waals surface area contributed by atoms with Crippen LogP contribution < -0.4 is 16.0 Å². The fourth-order valence-electron chi connectivity index (χ4n) is 3.06. The first-order chi connectivity index (χ1) is 13.4. The molecule has 0 aliphatic heterocycles. The Kier molecular flexibility index (Phi) is 5.63. The van der Waals surface area contributed by atoms with Gasteiger partial charge in [0.2, 0.25) is 5.91 Å². The number of carbonyl (C=O) groups excluding carboxylic acids is 1. The zero-order chi connectivity index (χ0) is 20.3. The number of hydrogen-bond donors (Lipinski definition) is 1. The van der Waals surface area contributed by atoms with Crippen LogP contribution >= 0.6 is 0 Å². The molecule has 3 aromatic rings. The summed E-state index contributed by atoms with van der Waals surface area (Å²) in [7, 11) is 5.68. The second-order valence-corrected chi connectivity index (χ2v) is 7.00. The van der Waals surface area contributed by atoms with E-state index in [2.05, 4.69) is 5.10 Å². The number of fused-ring (bicyclic) bond motifs is 1. The third-order valence-electron chi connectivity index (χ3n) is 4.73. The summed E-state index contributed by atoms with van der Waals surface area (Å²) in [6.45, 7) is 0.608. The smallest absolute Gasteiger partial charge is 0.273 e. The van der Waals surface area contributed by atoms with Crippen LogP contribution in [0.3, 0.4) is 0 Å². The maximum atomic E-state index is 12.5. The van der Waals surface area contributed by atoms with Crippen LogP contribution in [-0.2, 0) is 17.9 Å². The van der Waals surface area contributed by atoms with Crippen molar-refractivity contribution in [1.29, 1.82) is 0 Å². The molecule has 3 rings (SSSR count). The molecule has 0 fully saturated rings. The first kappa shape index (κ1) is 19.4. The van der Waals surface area contributed by atoms with Gasteiger partial charge in [0.15, 0.2) is 0 Å². The van der Waals surface area contributed by atoms with E-state index in [1.165, 1.54) is 4.68 Å². The molecule has 1 amide bonds. The lowest BCUT2D eigenvalue weighted by atomic mass is 10.2. The molecule has 7 heteroatoms. The van der Waals surface area contributed by atoms with Gasteiger partial charge in [-0.3, -0.25) is 19.5 Å². The normalized spacial score (nSPS) is 10.8. The molecule has 0 aliphatic carbocycles. The maximum absolute atomic E-state index is 12.5. The Morgan fingerprint density at radius 3 is 2.25 bits per heavy atom. The monoisotopic (exact) mass is 380 g/mol. The predicted octanol–water partition coefficient (Wildman–Crippen LogP) is 1.80. The summed E-state index contributed by atoms with van der Waals surface area (Å²) in [6, 6.07) is 14.7. The molecule has 1 heterocycles. The third-order valence-corrected chi connectivity index (χ3v) is 4.73. The van der Waals surface area contributed by atoms with Crippen molar-refractivity contribution < 1.29 is 4.79 Å². The van der Waals surface area contributed by atoms with Crippen molar-refractivity contribution in [1.82, 2.24) is 14.7 Å². The van der Waals surface area contributed by atoms with E-state index in [0.717, 1.165) is 11.3 Å². The molecule has 0 bridgehead atoms. The Morgan fingerprint density at radius 2 is 1.61 bits per heavy atom. The summed E-state index contributed by atoms with van der Waals surface area (Å²) >= 11 is 0. The number of aromatic amines is 1. The van der Waals surface area contributed by atoms with Crippen LogP contribution in [-0.4, -0.2) is 41.7 Å². The van der Waals surface area contributed by atoms with Gasteiger partial charge in [0.05, 0.1) is 17.3 Å². The van der Waals surface area contributed by atoms with Gasteiger partial charge in [0, 0.05) is 39.8 Å². The van der Waals surface area contributed by atoms with Crippen LogP contribution in [0, 0.1) is 0 Å². The highest BCUT2D eigenvalue weighted by Crippen LogP contribution is 2.13. The zero-order valence-corrected chi connectivity index (χ0v) is 16.3. The Hall–Kier alpha value is -3.35. The van der Waals surface area contributed by atoms with E-state index < -0.39 is 0 Å². The van der Waals surface area contributed by atoms with E-state index in [-0.39, 0.29) is 30.0 Å². The van der Waals surface area contributed by atoms with Gasteiger partial charge in [0.1, 0.15) is 0 Å². The molecule has 0 radical (unpaired) electrons. The SMILES string of the molecule is CN(Cc1ccc(N(C)C)cc1)C(=O)CCn1[nH]c(=O)c2ccccc2c1=O. The number of anilines is 1. The second kappa shape index (κ2) is 8.12. The molecule has 28 heavy (non-hydrogen) atoms. The minimum absolute atomic E-state index is 0.0995. The number of rotatable bonds is 6. The number of nitrogens with one attached hydrogen (secondary N) is 1. The number of aromatic nitrogens is 2. The van der Waals surface area contributed by atoms with E-state index in [1.54, 1.807) is 36.2 Å². The zero-order valence-electron chi connectivity index (χ0n) is 16.3. The summed E-state index contributed by atoms with van der Waals surface area (Å²) in [5.74, 6) is -0.0995. The molecule has 1 N–H and O–H groups in total. The fourth-order valence-corrected chi connectivity index (χ4v) is 3.06. The first-order valence-corrected chi connectivity index (χ1v) is 9.09. The van der Waals surface area contributed by atoms with Crippen molar-refractivity contribution in [2.45, 2.75) is 19.5 Å². The summed E-state index contributed by atoms with van der Waals surface area (Å²) in [6.07, 6.45) is 0.125. The summed E-state index contributed by atoms with van der Waals surface area (Å²) in [5, 5.41) is 3.26. The van der Waals surface area contributed by atoms with Crippen LogP contribution in [0.1, 0.15) is 12.0 Å². The molecule has 0 spiro atoms. The standard InChI is InChI=1S/C21H24N4O3/c1-23(2)16-10-8-15(9-11-16)14-24(3)19(26)12-13-25-21(28)18-7-5-4-6-17(18)20(27)22-25/h4-11H,12-14H2,1-3H3,(H,22,27). The van der Waals surface area contributed by atoms with Gasteiger partial charge in [-0.1, -0.05) is 24.3 Å². The van der Waals surface area contributed by atoms with E-state index in [1.807, 2.05) is 43.3 Å². The van der Waals surface area contributed by atoms with Gasteiger partial charge in [0.25, 0.3) is 11.1 Å². The molecular weight excluding hydrogens is 356 g/mol. The van der Waals surface area contributed by atoms with Gasteiger partial charge in [-0.15, -0.1) is 0 Å². The molecule has 1 aromatic heterocycles. The highest BCUT2D eigenvalue weighted by molar-refractivity contribution is 5.80. The van der Waals surface area contributed by atoms with Gasteiger partial charge in [-0.2, -0.15) is 0 Å². The van der Waals surface area contributed by atoms with Crippen LogP contribution in [0.15, 0.2) is 58.1 Å². The molecular formula is C21H24N4O3. The molecule has 7 nitrogen and oxygen atoms in total. The van der Waals surface area contributed by atoms with Crippen LogP contribution in [0.4, 0.5) is 5.69 Å². The highest BCUT2D eigenvalue weighted by atomic mass is 16.2.